The first-order valence-corrected chi connectivity index (χ1v) is 4.71. The molecule has 3 nitrogen and oxygen atoms in total. The minimum Gasteiger partial charge on any atom is -0.491 e. The minimum atomic E-state index is -0.0800. The zero-order valence-electron chi connectivity index (χ0n) is 8.08. The van der Waals surface area contributed by atoms with Crippen LogP contribution in [0.2, 0.25) is 0 Å². The van der Waals surface area contributed by atoms with Gasteiger partial charge in [0.1, 0.15) is 12.4 Å². The topological polar surface area (TPSA) is 59.0 Å². The second-order valence-electron chi connectivity index (χ2n) is 3.44. The van der Waals surface area contributed by atoms with Gasteiger partial charge in [-0.2, -0.15) is 5.26 Å². The number of rotatable bonds is 1. The van der Waals surface area contributed by atoms with Crippen molar-refractivity contribution in [3.05, 3.63) is 28.8 Å². The lowest BCUT2D eigenvalue weighted by Crippen LogP contribution is -2.10. The van der Waals surface area contributed by atoms with E-state index < -0.39 is 0 Å². The number of hydrogen-bond acceptors (Lipinski definition) is 3. The van der Waals surface area contributed by atoms with Crippen LogP contribution in [0.3, 0.4) is 0 Å². The highest BCUT2D eigenvalue weighted by Gasteiger charge is 2.23. The van der Waals surface area contributed by atoms with Crippen molar-refractivity contribution < 1.29 is 4.74 Å². The normalized spacial score (nSPS) is 18.5. The van der Waals surface area contributed by atoms with Crippen LogP contribution in [0.1, 0.15) is 29.7 Å². The van der Waals surface area contributed by atoms with E-state index in [1.165, 1.54) is 0 Å². The van der Waals surface area contributed by atoms with Gasteiger partial charge in [-0.05, 0) is 24.1 Å². The van der Waals surface area contributed by atoms with E-state index in [9.17, 15) is 0 Å². The lowest BCUT2D eigenvalue weighted by molar-refractivity contribution is 0.331. The van der Waals surface area contributed by atoms with Crippen LogP contribution in [-0.2, 0) is 6.42 Å². The molecule has 1 aromatic rings. The lowest BCUT2D eigenvalue weighted by atomic mass is 10.0. The van der Waals surface area contributed by atoms with Crippen molar-refractivity contribution in [1.82, 2.24) is 0 Å². The third-order valence-corrected chi connectivity index (χ3v) is 2.51. The van der Waals surface area contributed by atoms with Crippen molar-refractivity contribution >= 4 is 0 Å². The van der Waals surface area contributed by atoms with Crippen LogP contribution in [0.5, 0.6) is 5.75 Å². The molecule has 0 unspecified atom stereocenters. The van der Waals surface area contributed by atoms with E-state index >= 15 is 0 Å². The number of ether oxygens (including phenoxy) is 1. The van der Waals surface area contributed by atoms with Crippen LogP contribution in [0, 0.1) is 11.3 Å². The maximum atomic E-state index is 8.84. The average Bonchev–Trinajstić information content (AvgIpc) is 2.59. The molecule has 0 amide bonds. The number of benzene rings is 1. The predicted molar refractivity (Wildman–Crippen MR) is 53.0 cm³/mol. The summed E-state index contributed by atoms with van der Waals surface area (Å²) in [6.45, 7) is 2.57. The first-order chi connectivity index (χ1) is 6.76. The molecule has 1 aliphatic rings. The zero-order valence-corrected chi connectivity index (χ0v) is 8.08. The summed E-state index contributed by atoms with van der Waals surface area (Å²) in [5.74, 6) is 0.888. The zero-order chi connectivity index (χ0) is 10.1. The largest absolute Gasteiger partial charge is 0.491 e. The number of aryl methyl sites for hydroxylation is 1. The molecule has 0 bridgehead atoms. The Kier molecular flexibility index (Phi) is 2.14. The molecule has 0 saturated heterocycles. The van der Waals surface area contributed by atoms with Crippen LogP contribution in [0.4, 0.5) is 0 Å². The average molecular weight is 188 g/mol. The predicted octanol–water partition coefficient (Wildman–Crippen LogP) is 1.51. The fraction of sp³-hybridized carbons (Fsp3) is 0.364. The molecule has 1 heterocycles. The number of nitrogens with two attached hydrogens (primary N) is 1. The molecule has 0 spiro atoms. The van der Waals surface area contributed by atoms with Crippen LogP contribution in [0.25, 0.3) is 0 Å². The molecule has 72 valence electrons. The molecule has 0 fully saturated rings. The van der Waals surface area contributed by atoms with Crippen LogP contribution >= 0.6 is 0 Å². The summed E-state index contributed by atoms with van der Waals surface area (Å²) in [5, 5.41) is 8.84. The summed E-state index contributed by atoms with van der Waals surface area (Å²) >= 11 is 0. The van der Waals surface area contributed by atoms with Crippen LogP contribution in [0.15, 0.2) is 12.1 Å². The molecule has 0 aliphatic carbocycles. The van der Waals surface area contributed by atoms with E-state index in [0.717, 1.165) is 23.3 Å². The van der Waals surface area contributed by atoms with Crippen molar-refractivity contribution in [2.45, 2.75) is 19.4 Å². The minimum absolute atomic E-state index is 0.0800. The van der Waals surface area contributed by atoms with E-state index in [1.54, 1.807) is 0 Å². The van der Waals surface area contributed by atoms with E-state index in [2.05, 4.69) is 6.07 Å². The van der Waals surface area contributed by atoms with Gasteiger partial charge in [0.15, 0.2) is 0 Å². The van der Waals surface area contributed by atoms with E-state index in [-0.39, 0.29) is 6.04 Å². The Hall–Kier alpha value is -1.53. The smallest absolute Gasteiger partial charge is 0.127 e. The summed E-state index contributed by atoms with van der Waals surface area (Å²) in [6, 6.07) is 5.76. The third-order valence-electron chi connectivity index (χ3n) is 2.51. The van der Waals surface area contributed by atoms with Crippen LogP contribution in [-0.4, -0.2) is 6.61 Å². The van der Waals surface area contributed by atoms with Gasteiger partial charge in [0.05, 0.1) is 17.7 Å². The summed E-state index contributed by atoms with van der Waals surface area (Å²) in [7, 11) is 0. The van der Waals surface area contributed by atoms with Crippen molar-refractivity contribution in [3.63, 3.8) is 0 Å². The number of fused-ring (bicyclic) bond motifs is 1. The van der Waals surface area contributed by atoms with Gasteiger partial charge in [-0.25, -0.2) is 0 Å². The number of nitrogens with zero attached hydrogens (tertiary/aromatic N) is 1. The molecule has 1 atom stereocenters. The Balaban J connectivity index is 2.59. The van der Waals surface area contributed by atoms with Gasteiger partial charge in [0.25, 0.3) is 0 Å². The standard InChI is InChI=1S/C11H12N2O/c1-2-8-3-7(5-12)4-9-10(13)6-14-11(8)9/h3-4,10H,2,6,13H2,1H3/t10-/m1/s1. The quantitative estimate of drug-likeness (QED) is 0.726. The number of hydrogen-bond donors (Lipinski definition) is 1. The molecular formula is C11H12N2O. The van der Waals surface area contributed by atoms with Crippen molar-refractivity contribution in [2.24, 2.45) is 5.73 Å². The molecule has 0 saturated carbocycles. The Labute approximate surface area is 83.1 Å². The second kappa shape index (κ2) is 3.32. The van der Waals surface area contributed by atoms with Gasteiger partial charge < -0.3 is 10.5 Å². The molecule has 3 heteroatoms. The van der Waals surface area contributed by atoms with Gasteiger partial charge >= 0.3 is 0 Å². The maximum absolute atomic E-state index is 8.84. The molecule has 1 aromatic carbocycles. The third kappa shape index (κ3) is 1.24. The van der Waals surface area contributed by atoms with Crippen molar-refractivity contribution in [2.75, 3.05) is 6.61 Å². The Morgan fingerprint density at radius 2 is 2.43 bits per heavy atom. The summed E-state index contributed by atoms with van der Waals surface area (Å²) in [6.07, 6.45) is 0.866. The van der Waals surface area contributed by atoms with Gasteiger partial charge in [-0.1, -0.05) is 6.92 Å². The highest BCUT2D eigenvalue weighted by atomic mass is 16.5. The SMILES string of the molecule is CCc1cc(C#N)cc2c1OC[C@H]2N. The molecule has 2 rings (SSSR count). The van der Waals surface area contributed by atoms with Gasteiger partial charge in [0, 0.05) is 5.56 Å². The first kappa shape index (κ1) is 9.04. The number of nitriles is 1. The van der Waals surface area contributed by atoms with Crippen LogP contribution < -0.4 is 10.5 Å². The van der Waals surface area contributed by atoms with Crippen molar-refractivity contribution in [1.29, 1.82) is 5.26 Å². The molecule has 2 N–H and O–H groups in total. The maximum Gasteiger partial charge on any atom is 0.127 e. The fourth-order valence-electron chi connectivity index (χ4n) is 1.75. The molecule has 1 aliphatic heterocycles. The fourth-order valence-corrected chi connectivity index (χ4v) is 1.75. The first-order valence-electron chi connectivity index (χ1n) is 4.71. The Morgan fingerprint density at radius 1 is 1.64 bits per heavy atom. The molecule has 0 aromatic heterocycles. The highest BCUT2D eigenvalue weighted by molar-refractivity contribution is 5.51. The second-order valence-corrected chi connectivity index (χ2v) is 3.44. The Bertz CT molecular complexity index is 406. The lowest BCUT2D eigenvalue weighted by Gasteiger charge is -2.06. The van der Waals surface area contributed by atoms with E-state index in [1.807, 2.05) is 19.1 Å². The Morgan fingerprint density at radius 3 is 3.07 bits per heavy atom. The highest BCUT2D eigenvalue weighted by Crippen LogP contribution is 2.35. The van der Waals surface area contributed by atoms with E-state index in [0.29, 0.717) is 12.2 Å². The molecular weight excluding hydrogens is 176 g/mol. The van der Waals surface area contributed by atoms with Gasteiger partial charge in [0.2, 0.25) is 0 Å². The van der Waals surface area contributed by atoms with Gasteiger partial charge in [-0.15, -0.1) is 0 Å². The molecule has 14 heavy (non-hydrogen) atoms. The van der Waals surface area contributed by atoms with Crippen molar-refractivity contribution in [3.8, 4) is 11.8 Å². The summed E-state index contributed by atoms with van der Waals surface area (Å²) < 4.78 is 5.50. The summed E-state index contributed by atoms with van der Waals surface area (Å²) in [4.78, 5) is 0. The monoisotopic (exact) mass is 188 g/mol. The molecule has 0 radical (unpaired) electrons. The van der Waals surface area contributed by atoms with E-state index in [4.69, 9.17) is 15.7 Å². The summed E-state index contributed by atoms with van der Waals surface area (Å²) in [5.41, 5.74) is 8.58. The van der Waals surface area contributed by atoms with Gasteiger partial charge in [-0.3, -0.25) is 0 Å².